The van der Waals surface area contributed by atoms with Gasteiger partial charge < -0.3 is 24.3 Å². The molecule has 206 valence electrons. The van der Waals surface area contributed by atoms with Crippen LogP contribution >= 0.6 is 12.2 Å². The third-order valence-corrected chi connectivity index (χ3v) is 7.21. The van der Waals surface area contributed by atoms with E-state index in [1.54, 1.807) is 0 Å². The van der Waals surface area contributed by atoms with Crippen LogP contribution < -0.4 is 5.32 Å². The van der Waals surface area contributed by atoms with Crippen molar-refractivity contribution < 1.29 is 18.9 Å². The minimum atomic E-state index is -0.481. The van der Waals surface area contributed by atoms with Crippen LogP contribution in [0.2, 0.25) is 0 Å². The summed E-state index contributed by atoms with van der Waals surface area (Å²) in [5.41, 5.74) is 4.35. The molecule has 0 aliphatic carbocycles. The van der Waals surface area contributed by atoms with E-state index in [4.69, 9.17) is 31.2 Å². The van der Waals surface area contributed by atoms with Gasteiger partial charge in [-0.05, 0) is 22.3 Å². The molecule has 1 heterocycles. The van der Waals surface area contributed by atoms with Crippen molar-refractivity contribution in [2.24, 2.45) is 0 Å². The highest BCUT2D eigenvalue weighted by Gasteiger charge is 2.45. The highest BCUT2D eigenvalue weighted by molar-refractivity contribution is 7.80. The molecule has 4 atom stereocenters. The topological polar surface area (TPSA) is 49.0 Å². The van der Waals surface area contributed by atoms with E-state index in [1.165, 1.54) is 0 Å². The third-order valence-electron chi connectivity index (χ3n) is 6.86. The predicted octanol–water partition coefficient (Wildman–Crippen LogP) is 6.26. The van der Waals surface area contributed by atoms with Crippen molar-refractivity contribution in [2.45, 2.75) is 50.8 Å². The van der Waals surface area contributed by atoms with E-state index < -0.39 is 12.2 Å². The summed E-state index contributed by atoms with van der Waals surface area (Å²) in [6, 6.07) is 40.3. The Bertz CT molecular complexity index is 1290. The fourth-order valence-electron chi connectivity index (χ4n) is 4.77. The van der Waals surface area contributed by atoms with Gasteiger partial charge in [-0.1, -0.05) is 134 Å². The molecule has 40 heavy (non-hydrogen) atoms. The number of hydrogen-bond donors (Lipinski definition) is 1. The second-order valence-electron chi connectivity index (χ2n) is 9.86. The van der Waals surface area contributed by atoms with Gasteiger partial charge in [-0.15, -0.1) is 0 Å². The fraction of sp³-hybridized carbons (Fsp3) is 0.265. The summed E-state index contributed by atoms with van der Waals surface area (Å²) in [6.45, 7) is 2.18. The molecular formula is C34H35NO4S. The van der Waals surface area contributed by atoms with Gasteiger partial charge in [0.25, 0.3) is 0 Å². The first kappa shape index (κ1) is 28.1. The third kappa shape index (κ3) is 8.07. The van der Waals surface area contributed by atoms with E-state index in [1.807, 2.05) is 84.9 Å². The maximum atomic E-state index is 6.61. The number of nitrogens with one attached hydrogen (secondary N) is 1. The number of piperidine rings is 1. The zero-order valence-corrected chi connectivity index (χ0v) is 23.2. The van der Waals surface area contributed by atoms with Crippen LogP contribution in [0.4, 0.5) is 0 Å². The average molecular weight is 554 g/mol. The van der Waals surface area contributed by atoms with Crippen LogP contribution in [0.25, 0.3) is 0 Å². The SMILES string of the molecule is S=C1N[C@H](COCc2ccccc2)[C@H](OCc2ccccc2)[C@H](OCc2ccccc2)[C@H]1OCc1ccccc1. The Kier molecular flexibility index (Phi) is 10.4. The zero-order chi connectivity index (χ0) is 27.4. The molecule has 6 heteroatoms. The summed E-state index contributed by atoms with van der Waals surface area (Å²) >= 11 is 5.87. The highest BCUT2D eigenvalue weighted by Crippen LogP contribution is 2.26. The van der Waals surface area contributed by atoms with Crippen molar-refractivity contribution in [2.75, 3.05) is 6.61 Å². The standard InChI is InChI=1S/C34H35NO4S/c40-34-33(39-24-29-19-11-4-12-20-29)32(38-23-28-17-9-3-10-18-28)31(37-22-27-15-7-2-8-16-27)30(35-34)25-36-21-26-13-5-1-6-14-26/h1-20,30-33H,21-25H2,(H,35,40)/t30-,31+,32+,33-/m1/s1. The van der Waals surface area contributed by atoms with Crippen LogP contribution in [0, 0.1) is 0 Å². The summed E-state index contributed by atoms with van der Waals surface area (Å²) in [6.07, 6.45) is -1.29. The van der Waals surface area contributed by atoms with E-state index in [9.17, 15) is 0 Å². The quantitative estimate of drug-likeness (QED) is 0.197. The molecule has 1 fully saturated rings. The molecule has 0 spiro atoms. The van der Waals surface area contributed by atoms with Crippen LogP contribution in [0.3, 0.4) is 0 Å². The summed E-state index contributed by atoms with van der Waals surface area (Å²) in [5.74, 6) is 0. The number of benzene rings is 4. The van der Waals surface area contributed by atoms with E-state index in [0.29, 0.717) is 38.0 Å². The molecule has 0 amide bonds. The van der Waals surface area contributed by atoms with Gasteiger partial charge in [0.15, 0.2) is 0 Å². The molecule has 1 aliphatic heterocycles. The maximum absolute atomic E-state index is 6.61. The second-order valence-corrected chi connectivity index (χ2v) is 10.3. The molecule has 4 aromatic carbocycles. The molecule has 5 rings (SSSR count). The van der Waals surface area contributed by atoms with Crippen molar-refractivity contribution in [3.63, 3.8) is 0 Å². The Morgan fingerprint density at radius 2 is 0.900 bits per heavy atom. The lowest BCUT2D eigenvalue weighted by molar-refractivity contribution is -0.156. The van der Waals surface area contributed by atoms with Crippen LogP contribution in [0.15, 0.2) is 121 Å². The van der Waals surface area contributed by atoms with Crippen LogP contribution in [0.5, 0.6) is 0 Å². The Morgan fingerprint density at radius 1 is 0.500 bits per heavy atom. The van der Waals surface area contributed by atoms with Gasteiger partial charge in [-0.3, -0.25) is 0 Å². The number of hydrogen-bond acceptors (Lipinski definition) is 5. The Labute approximate surface area is 242 Å². The average Bonchev–Trinajstić information content (AvgIpc) is 3.01. The molecule has 5 nitrogen and oxygen atoms in total. The second kappa shape index (κ2) is 14.8. The number of rotatable bonds is 13. The molecule has 0 unspecified atom stereocenters. The first-order chi connectivity index (χ1) is 19.8. The molecule has 0 radical (unpaired) electrons. The lowest BCUT2D eigenvalue weighted by Gasteiger charge is -2.43. The molecular weight excluding hydrogens is 518 g/mol. The van der Waals surface area contributed by atoms with Gasteiger partial charge >= 0.3 is 0 Å². The molecule has 0 saturated carbocycles. The smallest absolute Gasteiger partial charge is 0.137 e. The van der Waals surface area contributed by atoms with Crippen LogP contribution in [-0.2, 0) is 45.4 Å². The Balaban J connectivity index is 1.36. The normalized spacial score (nSPS) is 20.6. The van der Waals surface area contributed by atoms with Gasteiger partial charge in [0.1, 0.15) is 23.3 Å². The Morgan fingerprint density at radius 3 is 1.38 bits per heavy atom. The minimum absolute atomic E-state index is 0.211. The van der Waals surface area contributed by atoms with E-state index in [2.05, 4.69) is 41.7 Å². The minimum Gasteiger partial charge on any atom is -0.375 e. The van der Waals surface area contributed by atoms with Gasteiger partial charge in [0, 0.05) is 0 Å². The first-order valence-electron chi connectivity index (χ1n) is 13.6. The summed E-state index contributed by atoms with van der Waals surface area (Å²) in [7, 11) is 0. The van der Waals surface area contributed by atoms with E-state index in [-0.39, 0.29) is 12.1 Å². The Hall–Kier alpha value is -3.39. The van der Waals surface area contributed by atoms with E-state index >= 15 is 0 Å². The molecule has 1 N–H and O–H groups in total. The fourth-order valence-corrected chi connectivity index (χ4v) is 5.12. The monoisotopic (exact) mass is 553 g/mol. The van der Waals surface area contributed by atoms with Gasteiger partial charge in [-0.2, -0.15) is 0 Å². The summed E-state index contributed by atoms with van der Waals surface area (Å²) in [5, 5.41) is 3.48. The molecule has 4 aromatic rings. The lowest BCUT2D eigenvalue weighted by Crippen LogP contribution is -2.65. The van der Waals surface area contributed by atoms with Gasteiger partial charge in [-0.25, -0.2) is 0 Å². The van der Waals surface area contributed by atoms with Crippen molar-refractivity contribution in [3.8, 4) is 0 Å². The van der Waals surface area contributed by atoms with Crippen molar-refractivity contribution in [3.05, 3.63) is 144 Å². The predicted molar refractivity (Wildman–Crippen MR) is 161 cm³/mol. The van der Waals surface area contributed by atoms with Crippen LogP contribution in [-0.4, -0.2) is 35.9 Å². The zero-order valence-electron chi connectivity index (χ0n) is 22.4. The van der Waals surface area contributed by atoms with Crippen molar-refractivity contribution in [1.29, 1.82) is 0 Å². The van der Waals surface area contributed by atoms with Crippen molar-refractivity contribution in [1.82, 2.24) is 5.32 Å². The number of ether oxygens (including phenoxy) is 4. The molecule has 0 aromatic heterocycles. The lowest BCUT2D eigenvalue weighted by atomic mass is 9.95. The molecule has 0 bridgehead atoms. The van der Waals surface area contributed by atoms with E-state index in [0.717, 1.165) is 22.3 Å². The first-order valence-corrected chi connectivity index (χ1v) is 14.1. The summed E-state index contributed by atoms with van der Waals surface area (Å²) in [4.78, 5) is 0.599. The van der Waals surface area contributed by atoms with Crippen molar-refractivity contribution >= 4 is 17.2 Å². The molecule has 1 saturated heterocycles. The number of thiocarbonyl (C=S) groups is 1. The van der Waals surface area contributed by atoms with Gasteiger partial charge in [0.05, 0.1) is 39.1 Å². The summed E-state index contributed by atoms with van der Waals surface area (Å²) < 4.78 is 25.8. The maximum Gasteiger partial charge on any atom is 0.137 e. The largest absolute Gasteiger partial charge is 0.375 e. The molecule has 1 aliphatic rings. The highest BCUT2D eigenvalue weighted by atomic mass is 32.1. The van der Waals surface area contributed by atoms with Gasteiger partial charge in [0.2, 0.25) is 0 Å². The van der Waals surface area contributed by atoms with Crippen LogP contribution in [0.1, 0.15) is 22.3 Å².